The Balaban J connectivity index is 1.66. The van der Waals surface area contributed by atoms with E-state index in [1.807, 2.05) is 43.3 Å². The van der Waals surface area contributed by atoms with Crippen molar-refractivity contribution >= 4 is 17.5 Å². The molecule has 0 amide bonds. The third-order valence-electron chi connectivity index (χ3n) is 3.94. The highest BCUT2D eigenvalue weighted by Crippen LogP contribution is 2.34. The van der Waals surface area contributed by atoms with Gasteiger partial charge in [-0.3, -0.25) is 4.79 Å². The number of carbonyl (C=O) groups excluding carboxylic acids is 1. The third kappa shape index (κ3) is 3.72. The van der Waals surface area contributed by atoms with Gasteiger partial charge in [0.1, 0.15) is 18.1 Å². The Morgan fingerprint density at radius 2 is 1.82 bits per heavy atom. The van der Waals surface area contributed by atoms with Crippen LogP contribution in [0.3, 0.4) is 0 Å². The van der Waals surface area contributed by atoms with Crippen molar-refractivity contribution in [3.63, 3.8) is 0 Å². The summed E-state index contributed by atoms with van der Waals surface area (Å²) in [4.78, 5) is 11.7. The molecule has 1 heterocycles. The van der Waals surface area contributed by atoms with E-state index < -0.39 is 0 Å². The first-order chi connectivity index (χ1) is 10.7. The van der Waals surface area contributed by atoms with Crippen molar-refractivity contribution in [2.75, 3.05) is 0 Å². The second-order valence-corrected chi connectivity index (χ2v) is 7.30. The predicted molar refractivity (Wildman–Crippen MR) is 91.4 cm³/mol. The number of hydrogen-bond acceptors (Lipinski definition) is 3. The number of thioether (sulfide) groups is 1. The van der Waals surface area contributed by atoms with Gasteiger partial charge in [0.25, 0.3) is 0 Å². The number of carbonyl (C=O) groups is 1. The van der Waals surface area contributed by atoms with Crippen molar-refractivity contribution in [2.45, 2.75) is 36.9 Å². The minimum absolute atomic E-state index is 0.141. The summed E-state index contributed by atoms with van der Waals surface area (Å²) < 4.78 is 5.99. The lowest BCUT2D eigenvalue weighted by Gasteiger charge is -2.14. The number of benzene rings is 2. The van der Waals surface area contributed by atoms with Crippen LogP contribution in [0.25, 0.3) is 0 Å². The summed E-state index contributed by atoms with van der Waals surface area (Å²) in [7, 11) is 0. The van der Waals surface area contributed by atoms with Crippen molar-refractivity contribution in [1.82, 2.24) is 0 Å². The van der Waals surface area contributed by atoms with Gasteiger partial charge in [0, 0.05) is 11.7 Å². The molecule has 0 spiro atoms. The molecule has 0 aromatic heterocycles. The van der Waals surface area contributed by atoms with Gasteiger partial charge >= 0.3 is 0 Å². The monoisotopic (exact) mass is 312 g/mol. The topological polar surface area (TPSA) is 26.3 Å². The van der Waals surface area contributed by atoms with Crippen LogP contribution in [0.5, 0.6) is 5.75 Å². The Bertz CT molecular complexity index is 639. The summed E-state index contributed by atoms with van der Waals surface area (Å²) in [5.74, 6) is 1.30. The number of ketones is 1. The van der Waals surface area contributed by atoms with Crippen molar-refractivity contribution < 1.29 is 9.53 Å². The first kappa shape index (κ1) is 15.2. The maximum atomic E-state index is 11.7. The summed E-state index contributed by atoms with van der Waals surface area (Å²) in [5.41, 5.74) is 2.36. The molecule has 3 rings (SSSR count). The molecule has 1 aliphatic heterocycles. The zero-order valence-corrected chi connectivity index (χ0v) is 13.5. The molecule has 2 unspecified atom stereocenters. The maximum Gasteiger partial charge on any atom is 0.146 e. The molecule has 0 bridgehead atoms. The average Bonchev–Trinajstić information content (AvgIpc) is 2.85. The van der Waals surface area contributed by atoms with E-state index in [9.17, 15) is 4.79 Å². The number of ether oxygens (including phenoxy) is 1. The van der Waals surface area contributed by atoms with Gasteiger partial charge < -0.3 is 4.74 Å². The first-order valence-electron chi connectivity index (χ1n) is 7.65. The molecule has 2 aromatic rings. The molecular weight excluding hydrogens is 292 g/mol. The largest absolute Gasteiger partial charge is 0.489 e. The van der Waals surface area contributed by atoms with E-state index in [0.717, 1.165) is 17.7 Å². The molecule has 3 heteroatoms. The fourth-order valence-corrected chi connectivity index (χ4v) is 4.08. The lowest BCUT2D eigenvalue weighted by Crippen LogP contribution is -2.07. The molecule has 22 heavy (non-hydrogen) atoms. The number of Topliss-reactive ketones (excluding diaryl/α,β-unsaturated/α-hetero) is 1. The Morgan fingerprint density at radius 1 is 1.09 bits per heavy atom. The average molecular weight is 312 g/mol. The van der Waals surface area contributed by atoms with Crippen LogP contribution >= 0.6 is 11.8 Å². The van der Waals surface area contributed by atoms with Crippen molar-refractivity contribution in [3.8, 4) is 5.75 Å². The normalized spacial score (nSPS) is 21.0. The standard InChI is InChI=1S/C19H20O2S/c1-14-18(20)12-17(22-14)11-16-9-5-6-10-19(16)21-13-15-7-3-2-4-8-15/h2-10,14,17H,11-13H2,1H3. The predicted octanol–water partition coefficient (Wildman–Crippen LogP) is 4.27. The Morgan fingerprint density at radius 3 is 2.55 bits per heavy atom. The molecule has 0 N–H and O–H groups in total. The van der Waals surface area contributed by atoms with Crippen molar-refractivity contribution in [1.29, 1.82) is 0 Å². The number of para-hydroxylation sites is 1. The Labute approximate surface area is 135 Å². The molecule has 0 saturated carbocycles. The van der Waals surface area contributed by atoms with Crippen LogP contribution in [0.1, 0.15) is 24.5 Å². The van der Waals surface area contributed by atoms with Crippen LogP contribution in [0.2, 0.25) is 0 Å². The van der Waals surface area contributed by atoms with Gasteiger partial charge in [-0.1, -0.05) is 48.5 Å². The number of hydrogen-bond donors (Lipinski definition) is 0. The van der Waals surface area contributed by atoms with Crippen LogP contribution in [0, 0.1) is 0 Å². The van der Waals surface area contributed by atoms with E-state index in [2.05, 4.69) is 18.2 Å². The minimum atomic E-state index is 0.141. The first-order valence-corrected chi connectivity index (χ1v) is 8.59. The molecule has 1 fully saturated rings. The second-order valence-electron chi connectivity index (χ2n) is 5.66. The van der Waals surface area contributed by atoms with E-state index in [4.69, 9.17) is 4.74 Å². The van der Waals surface area contributed by atoms with Crippen molar-refractivity contribution in [3.05, 3.63) is 65.7 Å². The molecule has 0 aliphatic carbocycles. The summed E-state index contributed by atoms with van der Waals surface area (Å²) >= 11 is 1.79. The molecule has 2 aromatic carbocycles. The van der Waals surface area contributed by atoms with Gasteiger partial charge in [0.2, 0.25) is 0 Å². The maximum absolute atomic E-state index is 11.7. The summed E-state index contributed by atoms with van der Waals surface area (Å²) in [6.07, 6.45) is 1.57. The van der Waals surface area contributed by atoms with Crippen LogP contribution in [-0.4, -0.2) is 16.3 Å². The third-order valence-corrected chi connectivity index (χ3v) is 5.33. The zero-order chi connectivity index (χ0) is 15.4. The lowest BCUT2D eigenvalue weighted by molar-refractivity contribution is -0.117. The summed E-state index contributed by atoms with van der Waals surface area (Å²) in [5, 5.41) is 0.520. The molecule has 114 valence electrons. The fraction of sp³-hybridized carbons (Fsp3) is 0.316. The smallest absolute Gasteiger partial charge is 0.146 e. The zero-order valence-electron chi connectivity index (χ0n) is 12.7. The highest BCUT2D eigenvalue weighted by Gasteiger charge is 2.30. The molecule has 1 aliphatic rings. The molecule has 2 atom stereocenters. The summed E-state index contributed by atoms with van der Waals surface area (Å²) in [6.45, 7) is 2.58. The van der Waals surface area contributed by atoms with E-state index in [1.54, 1.807) is 11.8 Å². The lowest BCUT2D eigenvalue weighted by atomic mass is 10.0. The van der Waals surface area contributed by atoms with Gasteiger partial charge in [-0.05, 0) is 30.5 Å². The van der Waals surface area contributed by atoms with E-state index in [-0.39, 0.29) is 5.25 Å². The van der Waals surface area contributed by atoms with E-state index >= 15 is 0 Å². The van der Waals surface area contributed by atoms with Crippen LogP contribution in [0.4, 0.5) is 0 Å². The number of rotatable bonds is 5. The van der Waals surface area contributed by atoms with Crippen LogP contribution in [-0.2, 0) is 17.8 Å². The van der Waals surface area contributed by atoms with Gasteiger partial charge in [0.15, 0.2) is 0 Å². The molecular formula is C19H20O2S. The Hall–Kier alpha value is -1.74. The molecule has 0 radical (unpaired) electrons. The van der Waals surface area contributed by atoms with Gasteiger partial charge in [-0.15, -0.1) is 11.8 Å². The second kappa shape index (κ2) is 7.01. The van der Waals surface area contributed by atoms with Gasteiger partial charge in [0.05, 0.1) is 5.25 Å². The molecule has 2 nitrogen and oxygen atoms in total. The Kier molecular flexibility index (Phi) is 4.84. The molecule has 1 saturated heterocycles. The van der Waals surface area contributed by atoms with Crippen molar-refractivity contribution in [2.24, 2.45) is 0 Å². The highest BCUT2D eigenvalue weighted by atomic mass is 32.2. The van der Waals surface area contributed by atoms with Gasteiger partial charge in [-0.25, -0.2) is 0 Å². The summed E-state index contributed by atoms with van der Waals surface area (Å²) in [6, 6.07) is 18.3. The van der Waals surface area contributed by atoms with Gasteiger partial charge in [-0.2, -0.15) is 0 Å². The minimum Gasteiger partial charge on any atom is -0.489 e. The SMILES string of the molecule is CC1SC(Cc2ccccc2OCc2ccccc2)CC1=O. The van der Waals surface area contributed by atoms with Crippen LogP contribution in [0.15, 0.2) is 54.6 Å². The van der Waals surface area contributed by atoms with Crippen LogP contribution < -0.4 is 4.74 Å². The van der Waals surface area contributed by atoms with E-state index in [0.29, 0.717) is 24.1 Å². The fourth-order valence-electron chi connectivity index (χ4n) is 2.72. The highest BCUT2D eigenvalue weighted by molar-refractivity contribution is 8.01. The quantitative estimate of drug-likeness (QED) is 0.824. The van der Waals surface area contributed by atoms with E-state index in [1.165, 1.54) is 5.56 Å².